The number of rotatable bonds is 7. The zero-order chi connectivity index (χ0) is 23.8. The number of methoxy groups -OCH3 is 1. The third-order valence-corrected chi connectivity index (χ3v) is 5.79. The van der Waals surface area contributed by atoms with Gasteiger partial charge >= 0.3 is 6.01 Å². The van der Waals surface area contributed by atoms with E-state index in [0.29, 0.717) is 12.1 Å². The molecular weight excluding hydrogens is 410 g/mol. The van der Waals surface area contributed by atoms with Crippen LogP contribution < -0.4 is 9.64 Å². The van der Waals surface area contributed by atoms with Gasteiger partial charge in [0.2, 0.25) is 0 Å². The van der Waals surface area contributed by atoms with Gasteiger partial charge in [-0.2, -0.15) is 4.98 Å². The molecule has 0 amide bonds. The normalized spacial score (nSPS) is 15.2. The second-order valence-corrected chi connectivity index (χ2v) is 10.2. The minimum atomic E-state index is 0.129. The first-order valence-corrected chi connectivity index (χ1v) is 11.9. The lowest BCUT2D eigenvalue weighted by atomic mass is 9.95. The van der Waals surface area contributed by atoms with Crippen LogP contribution in [-0.2, 0) is 6.54 Å². The van der Waals surface area contributed by atoms with Gasteiger partial charge in [0.15, 0.2) is 0 Å². The molecule has 0 saturated carbocycles. The molecule has 6 nitrogen and oxygen atoms in total. The summed E-state index contributed by atoms with van der Waals surface area (Å²) in [5.41, 5.74) is 2.42. The van der Waals surface area contributed by atoms with Crippen LogP contribution in [-0.4, -0.2) is 72.2 Å². The van der Waals surface area contributed by atoms with E-state index in [0.717, 1.165) is 57.2 Å². The van der Waals surface area contributed by atoms with E-state index in [4.69, 9.17) is 4.74 Å². The summed E-state index contributed by atoms with van der Waals surface area (Å²) in [6.45, 7) is 18.2. The molecule has 1 fully saturated rings. The van der Waals surface area contributed by atoms with Gasteiger partial charge in [-0.1, -0.05) is 44.7 Å². The van der Waals surface area contributed by atoms with Crippen LogP contribution in [0.3, 0.4) is 0 Å². The maximum absolute atomic E-state index is 5.23. The molecule has 178 valence electrons. The highest BCUT2D eigenvalue weighted by Crippen LogP contribution is 2.23. The lowest BCUT2D eigenvalue weighted by molar-refractivity contribution is 0.118. The molecule has 0 N–H and O–H groups in total. The summed E-state index contributed by atoms with van der Waals surface area (Å²) in [6, 6.07) is 11.5. The summed E-state index contributed by atoms with van der Waals surface area (Å²) < 4.78 is 5.23. The van der Waals surface area contributed by atoms with E-state index in [9.17, 15) is 0 Å². The van der Waals surface area contributed by atoms with Crippen LogP contribution in [0.4, 0.5) is 5.82 Å². The Balaban J connectivity index is 1.60. The zero-order valence-corrected chi connectivity index (χ0v) is 21.1. The molecule has 1 aromatic carbocycles. The quantitative estimate of drug-likeness (QED) is 0.597. The summed E-state index contributed by atoms with van der Waals surface area (Å²) in [5, 5.41) is 0. The Morgan fingerprint density at radius 1 is 1.06 bits per heavy atom. The van der Waals surface area contributed by atoms with Crippen molar-refractivity contribution in [2.75, 3.05) is 51.3 Å². The number of nitrogens with zero attached hydrogens (tertiary/aromatic N) is 5. The second kappa shape index (κ2) is 11.5. The third kappa shape index (κ3) is 8.03. The Kier molecular flexibility index (Phi) is 8.71. The monoisotopic (exact) mass is 449 g/mol. The molecule has 3 rings (SSSR count). The first-order chi connectivity index (χ1) is 15.7. The van der Waals surface area contributed by atoms with E-state index in [-0.39, 0.29) is 5.41 Å². The van der Waals surface area contributed by atoms with Gasteiger partial charge in [-0.3, -0.25) is 9.80 Å². The molecule has 0 unspecified atom stereocenters. The molecule has 0 radical (unpaired) electrons. The van der Waals surface area contributed by atoms with Gasteiger partial charge in [0, 0.05) is 57.1 Å². The first-order valence-electron chi connectivity index (χ1n) is 11.9. The molecule has 1 aliphatic rings. The van der Waals surface area contributed by atoms with Crippen molar-refractivity contribution in [1.82, 2.24) is 19.8 Å². The van der Waals surface area contributed by atoms with Crippen molar-refractivity contribution in [3.8, 4) is 17.9 Å². The Morgan fingerprint density at radius 3 is 2.36 bits per heavy atom. The van der Waals surface area contributed by atoms with Crippen molar-refractivity contribution in [2.45, 2.75) is 47.2 Å². The maximum Gasteiger partial charge on any atom is 0.318 e. The summed E-state index contributed by atoms with van der Waals surface area (Å²) >= 11 is 0. The number of hydrogen-bond acceptors (Lipinski definition) is 6. The number of piperazine rings is 1. The topological polar surface area (TPSA) is 44.7 Å². The van der Waals surface area contributed by atoms with E-state index >= 15 is 0 Å². The Bertz CT molecular complexity index is 931. The molecule has 1 aliphatic heterocycles. The second-order valence-electron chi connectivity index (χ2n) is 10.2. The average molecular weight is 450 g/mol. The number of anilines is 1. The zero-order valence-electron chi connectivity index (χ0n) is 21.1. The van der Waals surface area contributed by atoms with E-state index in [1.807, 2.05) is 6.07 Å². The molecule has 2 heterocycles. The van der Waals surface area contributed by atoms with Crippen LogP contribution >= 0.6 is 0 Å². The highest BCUT2D eigenvalue weighted by Gasteiger charge is 2.19. The van der Waals surface area contributed by atoms with Crippen molar-refractivity contribution in [3.63, 3.8) is 0 Å². The van der Waals surface area contributed by atoms with Crippen molar-refractivity contribution >= 4 is 5.82 Å². The number of benzene rings is 1. The lowest BCUT2D eigenvalue weighted by Crippen LogP contribution is -2.48. The minimum Gasteiger partial charge on any atom is -0.467 e. The third-order valence-electron chi connectivity index (χ3n) is 5.79. The maximum atomic E-state index is 5.23. The number of hydrogen-bond donors (Lipinski definition) is 0. The van der Waals surface area contributed by atoms with Gasteiger partial charge < -0.3 is 9.64 Å². The number of aromatic nitrogens is 2. The highest BCUT2D eigenvalue weighted by molar-refractivity contribution is 5.42. The fourth-order valence-electron chi connectivity index (χ4n) is 4.00. The van der Waals surface area contributed by atoms with E-state index in [1.54, 1.807) is 13.3 Å². The van der Waals surface area contributed by atoms with Crippen molar-refractivity contribution in [1.29, 1.82) is 0 Å². The SMILES string of the molecule is COc1nccc(N(Cc2ccc(C#CCN3CCN(C(C)C)CC3)cc2)CC(C)(C)C)n1. The molecule has 1 saturated heterocycles. The molecule has 2 aromatic rings. The first kappa shape index (κ1) is 25.0. The molecule has 1 aromatic heterocycles. The molecule has 0 bridgehead atoms. The van der Waals surface area contributed by atoms with E-state index in [1.165, 1.54) is 5.56 Å². The van der Waals surface area contributed by atoms with Crippen LogP contribution in [0.5, 0.6) is 6.01 Å². The summed E-state index contributed by atoms with van der Waals surface area (Å²) in [4.78, 5) is 16.0. The molecule has 33 heavy (non-hydrogen) atoms. The lowest BCUT2D eigenvalue weighted by Gasteiger charge is -2.36. The molecule has 0 spiro atoms. The summed E-state index contributed by atoms with van der Waals surface area (Å²) in [5.74, 6) is 7.57. The molecule has 6 heteroatoms. The fraction of sp³-hybridized carbons (Fsp3) is 0.556. The summed E-state index contributed by atoms with van der Waals surface area (Å²) in [6.07, 6.45) is 1.75. The van der Waals surface area contributed by atoms with Crippen LogP contribution in [0.2, 0.25) is 0 Å². The van der Waals surface area contributed by atoms with Crippen LogP contribution in [0.1, 0.15) is 45.7 Å². The standard InChI is InChI=1S/C27H39N5O/c1-22(2)31-18-16-30(17-19-31)15-7-8-23-9-11-24(12-10-23)20-32(21-27(3,4)5)25-13-14-28-26(29-25)33-6/h9-14,22H,15-21H2,1-6H3. The van der Waals surface area contributed by atoms with Crippen LogP contribution in [0.25, 0.3) is 0 Å². The van der Waals surface area contributed by atoms with E-state index in [2.05, 4.69) is 95.4 Å². The predicted octanol–water partition coefficient (Wildman–Crippen LogP) is 3.92. The van der Waals surface area contributed by atoms with Gasteiger partial charge in [0.1, 0.15) is 5.82 Å². The predicted molar refractivity (Wildman–Crippen MR) is 136 cm³/mol. The largest absolute Gasteiger partial charge is 0.467 e. The highest BCUT2D eigenvalue weighted by atomic mass is 16.5. The Hall–Kier alpha value is -2.62. The van der Waals surface area contributed by atoms with Crippen molar-refractivity contribution in [2.24, 2.45) is 5.41 Å². The van der Waals surface area contributed by atoms with Crippen LogP contribution in [0.15, 0.2) is 36.5 Å². The Labute approximate surface area is 200 Å². The van der Waals surface area contributed by atoms with Gasteiger partial charge in [0.05, 0.1) is 13.7 Å². The van der Waals surface area contributed by atoms with Crippen molar-refractivity contribution in [3.05, 3.63) is 47.7 Å². The van der Waals surface area contributed by atoms with Gasteiger partial charge in [-0.05, 0) is 43.0 Å². The van der Waals surface area contributed by atoms with Gasteiger partial charge in [-0.25, -0.2) is 4.98 Å². The number of ether oxygens (including phenoxy) is 1. The van der Waals surface area contributed by atoms with Crippen LogP contribution in [0, 0.1) is 17.3 Å². The smallest absolute Gasteiger partial charge is 0.318 e. The van der Waals surface area contributed by atoms with Crippen molar-refractivity contribution < 1.29 is 4.74 Å². The Morgan fingerprint density at radius 2 is 1.76 bits per heavy atom. The average Bonchev–Trinajstić information content (AvgIpc) is 2.79. The minimum absolute atomic E-state index is 0.129. The molecule has 0 aliphatic carbocycles. The fourth-order valence-corrected chi connectivity index (χ4v) is 4.00. The molecule has 0 atom stereocenters. The summed E-state index contributed by atoms with van der Waals surface area (Å²) in [7, 11) is 1.60. The van der Waals surface area contributed by atoms with Gasteiger partial charge in [0.25, 0.3) is 0 Å². The molecular formula is C27H39N5O. The van der Waals surface area contributed by atoms with E-state index < -0.39 is 0 Å². The van der Waals surface area contributed by atoms with Gasteiger partial charge in [-0.15, -0.1) is 0 Å².